The first kappa shape index (κ1) is 17.6. The zero-order chi connectivity index (χ0) is 18.7. The molecule has 0 saturated carbocycles. The van der Waals surface area contributed by atoms with Crippen molar-refractivity contribution in [2.24, 2.45) is 0 Å². The smallest absolute Gasteiger partial charge is 0.263 e. The second-order valence-corrected chi connectivity index (χ2v) is 5.90. The van der Waals surface area contributed by atoms with Gasteiger partial charge in [0.05, 0.1) is 14.2 Å². The maximum atomic E-state index is 11.9. The van der Waals surface area contributed by atoms with Crippen LogP contribution in [0.1, 0.15) is 5.56 Å². The Morgan fingerprint density at radius 2 is 1.42 bits per heavy atom. The molecule has 1 aliphatic rings. The summed E-state index contributed by atoms with van der Waals surface area (Å²) in [5.74, 6) is 0.276. The Labute approximate surface area is 155 Å². The van der Waals surface area contributed by atoms with Gasteiger partial charge in [-0.15, -0.1) is 0 Å². The van der Waals surface area contributed by atoms with Crippen molar-refractivity contribution in [1.29, 1.82) is 0 Å². The van der Waals surface area contributed by atoms with Crippen LogP contribution in [-0.2, 0) is 9.59 Å². The van der Waals surface area contributed by atoms with E-state index < -0.39 is 11.8 Å². The summed E-state index contributed by atoms with van der Waals surface area (Å²) in [5.41, 5.74) is 2.66. The molecule has 0 unspecified atom stereocenters. The van der Waals surface area contributed by atoms with E-state index in [0.717, 1.165) is 16.7 Å². The maximum Gasteiger partial charge on any atom is 0.263 e. The number of hydrogen-bond donors (Lipinski definition) is 2. The fourth-order valence-corrected chi connectivity index (χ4v) is 2.75. The average molecular weight is 368 g/mol. The van der Waals surface area contributed by atoms with E-state index in [1.807, 2.05) is 42.5 Å². The number of hydrogen-bond acceptors (Lipinski definition) is 5. The molecule has 0 spiro atoms. The van der Waals surface area contributed by atoms with Crippen molar-refractivity contribution in [2.45, 2.75) is 0 Å². The molecule has 1 saturated heterocycles. The van der Waals surface area contributed by atoms with Crippen LogP contribution < -0.4 is 20.1 Å². The summed E-state index contributed by atoms with van der Waals surface area (Å²) in [6.45, 7) is 0. The van der Waals surface area contributed by atoms with Crippen molar-refractivity contribution in [2.75, 3.05) is 14.2 Å². The maximum absolute atomic E-state index is 11.9. The lowest BCUT2D eigenvalue weighted by atomic mass is 10.0. The normalized spacial score (nSPS) is 13.8. The number of thiocarbonyl (C=S) groups is 1. The molecule has 1 heterocycles. The molecule has 1 fully saturated rings. The van der Waals surface area contributed by atoms with E-state index in [1.165, 1.54) is 6.08 Å². The van der Waals surface area contributed by atoms with Crippen molar-refractivity contribution < 1.29 is 19.1 Å². The summed E-state index contributed by atoms with van der Waals surface area (Å²) in [4.78, 5) is 23.8. The van der Waals surface area contributed by atoms with Gasteiger partial charge in [-0.05, 0) is 47.1 Å². The van der Waals surface area contributed by atoms with Crippen LogP contribution in [0.2, 0.25) is 0 Å². The van der Waals surface area contributed by atoms with Crippen LogP contribution in [0.4, 0.5) is 0 Å². The first-order valence-corrected chi connectivity index (χ1v) is 8.13. The quantitative estimate of drug-likeness (QED) is 0.492. The van der Waals surface area contributed by atoms with Gasteiger partial charge in [0.2, 0.25) is 0 Å². The Morgan fingerprint density at radius 1 is 0.846 bits per heavy atom. The summed E-state index contributed by atoms with van der Waals surface area (Å²) in [6, 6.07) is 13.1. The Balaban J connectivity index is 1.87. The van der Waals surface area contributed by atoms with Crippen LogP contribution in [0, 0.1) is 0 Å². The van der Waals surface area contributed by atoms with Gasteiger partial charge in [-0.25, -0.2) is 0 Å². The Kier molecular flexibility index (Phi) is 4.99. The van der Waals surface area contributed by atoms with Crippen LogP contribution in [0.5, 0.6) is 11.5 Å². The average Bonchev–Trinajstić information content (AvgIpc) is 2.64. The Hall–Kier alpha value is -3.19. The van der Waals surface area contributed by atoms with Gasteiger partial charge in [0.1, 0.15) is 5.57 Å². The van der Waals surface area contributed by atoms with Crippen LogP contribution in [0.25, 0.3) is 17.2 Å². The van der Waals surface area contributed by atoms with Gasteiger partial charge in [-0.2, -0.15) is 0 Å². The zero-order valence-corrected chi connectivity index (χ0v) is 15.0. The molecule has 2 amide bonds. The molecule has 1 aliphatic heterocycles. The van der Waals surface area contributed by atoms with Crippen molar-refractivity contribution in [3.63, 3.8) is 0 Å². The van der Waals surface area contributed by atoms with E-state index in [-0.39, 0.29) is 10.7 Å². The highest BCUT2D eigenvalue weighted by molar-refractivity contribution is 7.80. The standard InChI is InChI=1S/C19H16N2O4S/c1-24-15-8-7-13(10-16(15)25-2)12-5-3-11(4-6-12)9-14-17(22)20-19(26)21-18(14)23/h3-10H,1-2H3,(H2,20,21,22,23,26). The highest BCUT2D eigenvalue weighted by Crippen LogP contribution is 2.32. The van der Waals surface area contributed by atoms with Crippen molar-refractivity contribution in [3.8, 4) is 22.6 Å². The molecule has 2 aromatic carbocycles. The number of ether oxygens (including phenoxy) is 2. The molecule has 0 atom stereocenters. The number of carbonyl (C=O) groups is 2. The lowest BCUT2D eigenvalue weighted by Crippen LogP contribution is -2.51. The molecule has 132 valence electrons. The molecule has 0 aliphatic carbocycles. The van der Waals surface area contributed by atoms with Gasteiger partial charge >= 0.3 is 0 Å². The molecule has 6 nitrogen and oxygen atoms in total. The topological polar surface area (TPSA) is 76.7 Å². The van der Waals surface area contributed by atoms with Gasteiger partial charge in [-0.3, -0.25) is 20.2 Å². The number of rotatable bonds is 4. The minimum atomic E-state index is -0.511. The third-order valence-electron chi connectivity index (χ3n) is 3.88. The third-order valence-corrected chi connectivity index (χ3v) is 4.09. The lowest BCUT2D eigenvalue weighted by Gasteiger charge is -2.16. The van der Waals surface area contributed by atoms with Crippen molar-refractivity contribution in [1.82, 2.24) is 10.6 Å². The summed E-state index contributed by atoms with van der Waals surface area (Å²) >= 11 is 4.78. The third kappa shape index (κ3) is 3.57. The van der Waals surface area contributed by atoms with Gasteiger partial charge in [-0.1, -0.05) is 30.3 Å². The molecule has 2 N–H and O–H groups in total. The van der Waals surface area contributed by atoms with E-state index in [2.05, 4.69) is 10.6 Å². The van der Waals surface area contributed by atoms with E-state index in [1.54, 1.807) is 14.2 Å². The first-order valence-electron chi connectivity index (χ1n) is 7.72. The predicted octanol–water partition coefficient (Wildman–Crippen LogP) is 2.29. The minimum absolute atomic E-state index is 0.0115. The van der Waals surface area contributed by atoms with E-state index in [0.29, 0.717) is 11.5 Å². The van der Waals surface area contributed by atoms with E-state index >= 15 is 0 Å². The van der Waals surface area contributed by atoms with Gasteiger partial charge in [0.15, 0.2) is 16.6 Å². The monoisotopic (exact) mass is 368 g/mol. The number of nitrogens with one attached hydrogen (secondary N) is 2. The minimum Gasteiger partial charge on any atom is -0.493 e. The van der Waals surface area contributed by atoms with Crippen LogP contribution in [-0.4, -0.2) is 31.1 Å². The SMILES string of the molecule is COc1ccc(-c2ccc(C=C3C(=O)NC(=S)NC3=O)cc2)cc1OC. The van der Waals surface area contributed by atoms with Gasteiger partial charge < -0.3 is 9.47 Å². The number of methoxy groups -OCH3 is 2. The number of carbonyl (C=O) groups excluding carboxylic acids is 2. The second-order valence-electron chi connectivity index (χ2n) is 5.49. The highest BCUT2D eigenvalue weighted by Gasteiger charge is 2.25. The molecule has 0 radical (unpaired) electrons. The summed E-state index contributed by atoms with van der Waals surface area (Å²) < 4.78 is 10.6. The lowest BCUT2D eigenvalue weighted by molar-refractivity contribution is -0.123. The summed E-state index contributed by atoms with van der Waals surface area (Å²) in [6.07, 6.45) is 1.52. The number of benzene rings is 2. The molecule has 26 heavy (non-hydrogen) atoms. The molecular weight excluding hydrogens is 352 g/mol. The Bertz CT molecular complexity index is 898. The van der Waals surface area contributed by atoms with Gasteiger partial charge in [0, 0.05) is 0 Å². The van der Waals surface area contributed by atoms with Crippen molar-refractivity contribution >= 4 is 35.2 Å². The summed E-state index contributed by atoms with van der Waals surface area (Å²) in [5, 5.41) is 4.83. The molecule has 2 aromatic rings. The van der Waals surface area contributed by atoms with Crippen LogP contribution >= 0.6 is 12.2 Å². The number of amides is 2. The highest BCUT2D eigenvalue weighted by atomic mass is 32.1. The van der Waals surface area contributed by atoms with Crippen molar-refractivity contribution in [3.05, 3.63) is 53.6 Å². The second kappa shape index (κ2) is 7.37. The van der Waals surface area contributed by atoms with Gasteiger partial charge in [0.25, 0.3) is 11.8 Å². The zero-order valence-electron chi connectivity index (χ0n) is 14.2. The molecule has 3 rings (SSSR count). The largest absolute Gasteiger partial charge is 0.493 e. The first-order chi connectivity index (χ1) is 12.5. The fraction of sp³-hybridized carbons (Fsp3) is 0.105. The Morgan fingerprint density at radius 3 is 2.00 bits per heavy atom. The summed E-state index contributed by atoms with van der Waals surface area (Å²) in [7, 11) is 3.17. The van der Waals surface area contributed by atoms with Crippen LogP contribution in [0.15, 0.2) is 48.0 Å². The molecular formula is C19H16N2O4S. The van der Waals surface area contributed by atoms with Crippen LogP contribution in [0.3, 0.4) is 0 Å². The molecule has 0 aromatic heterocycles. The molecule has 0 bridgehead atoms. The predicted molar refractivity (Wildman–Crippen MR) is 102 cm³/mol. The fourth-order valence-electron chi connectivity index (χ4n) is 2.56. The van der Waals surface area contributed by atoms with E-state index in [9.17, 15) is 9.59 Å². The van der Waals surface area contributed by atoms with E-state index in [4.69, 9.17) is 21.7 Å². The molecule has 7 heteroatoms.